The summed E-state index contributed by atoms with van der Waals surface area (Å²) in [5.41, 5.74) is 0.574. The molecule has 100 valence electrons. The average Bonchev–Trinajstić information content (AvgIpc) is 2.43. The summed E-state index contributed by atoms with van der Waals surface area (Å²) >= 11 is 3.25. The second kappa shape index (κ2) is 6.12. The van der Waals surface area contributed by atoms with Crippen LogP contribution in [0.1, 0.15) is 25.1 Å². The summed E-state index contributed by atoms with van der Waals surface area (Å²) in [6.45, 7) is 1.87. The van der Waals surface area contributed by atoms with Crippen molar-refractivity contribution >= 4 is 15.9 Å². The highest BCUT2D eigenvalue weighted by Gasteiger charge is 2.08. The first-order chi connectivity index (χ1) is 9.10. The number of aliphatic hydroxyl groups is 1. The predicted molar refractivity (Wildman–Crippen MR) is 73.7 cm³/mol. The molecule has 0 bridgehead atoms. The van der Waals surface area contributed by atoms with Crippen LogP contribution in [0, 0.1) is 5.82 Å². The molecule has 1 unspecified atom stereocenters. The van der Waals surface area contributed by atoms with Crippen LogP contribution in [0.25, 0.3) is 0 Å². The van der Waals surface area contributed by atoms with Crippen LogP contribution in [0.15, 0.2) is 41.0 Å². The van der Waals surface area contributed by atoms with Gasteiger partial charge in [0.25, 0.3) is 0 Å². The lowest BCUT2D eigenvalue weighted by Gasteiger charge is -2.09. The van der Waals surface area contributed by atoms with Gasteiger partial charge in [-0.2, -0.15) is 0 Å². The standard InChI is InChI=1S/C14H13BrFNO2/c1-2-13(18)12-6-4-10(8-17-12)19-14-7-9(15)3-5-11(14)16/h3-8,13,18H,2H2,1H3. The van der Waals surface area contributed by atoms with Crippen molar-refractivity contribution in [2.24, 2.45) is 0 Å². The van der Waals surface area contributed by atoms with Gasteiger partial charge >= 0.3 is 0 Å². The molecule has 19 heavy (non-hydrogen) atoms. The minimum Gasteiger partial charge on any atom is -0.453 e. The van der Waals surface area contributed by atoms with Crippen molar-refractivity contribution in [3.63, 3.8) is 0 Å². The van der Waals surface area contributed by atoms with Crippen molar-refractivity contribution in [2.45, 2.75) is 19.4 Å². The Balaban J connectivity index is 2.17. The molecular weight excluding hydrogens is 313 g/mol. The molecule has 0 aliphatic carbocycles. The molecule has 0 amide bonds. The van der Waals surface area contributed by atoms with E-state index in [2.05, 4.69) is 20.9 Å². The molecule has 0 aliphatic rings. The van der Waals surface area contributed by atoms with Gasteiger partial charge in [0.2, 0.25) is 0 Å². The fourth-order valence-electron chi connectivity index (χ4n) is 1.54. The van der Waals surface area contributed by atoms with E-state index >= 15 is 0 Å². The monoisotopic (exact) mass is 325 g/mol. The Morgan fingerprint density at radius 2 is 2.16 bits per heavy atom. The third-order valence-corrected chi connectivity index (χ3v) is 3.10. The highest BCUT2D eigenvalue weighted by Crippen LogP contribution is 2.27. The van der Waals surface area contributed by atoms with E-state index in [0.29, 0.717) is 17.9 Å². The van der Waals surface area contributed by atoms with Gasteiger partial charge in [-0.25, -0.2) is 4.39 Å². The van der Waals surface area contributed by atoms with E-state index in [1.54, 1.807) is 24.3 Å². The number of hydrogen-bond donors (Lipinski definition) is 1. The van der Waals surface area contributed by atoms with Crippen molar-refractivity contribution in [3.8, 4) is 11.5 Å². The van der Waals surface area contributed by atoms with Crippen molar-refractivity contribution in [1.82, 2.24) is 4.98 Å². The van der Waals surface area contributed by atoms with Gasteiger partial charge in [0.05, 0.1) is 18.0 Å². The Morgan fingerprint density at radius 3 is 2.79 bits per heavy atom. The molecule has 0 radical (unpaired) electrons. The molecule has 2 rings (SSSR count). The molecule has 1 N–H and O–H groups in total. The van der Waals surface area contributed by atoms with Crippen LogP contribution in [-0.2, 0) is 0 Å². The molecular formula is C14H13BrFNO2. The minimum atomic E-state index is -0.586. The van der Waals surface area contributed by atoms with Crippen LogP contribution in [0.2, 0.25) is 0 Å². The Bertz CT molecular complexity index is 560. The smallest absolute Gasteiger partial charge is 0.165 e. The molecule has 5 heteroatoms. The van der Waals surface area contributed by atoms with Gasteiger partial charge in [0.15, 0.2) is 11.6 Å². The number of aliphatic hydroxyl groups excluding tert-OH is 1. The Hall–Kier alpha value is -1.46. The van der Waals surface area contributed by atoms with Crippen LogP contribution in [0.4, 0.5) is 4.39 Å². The van der Waals surface area contributed by atoms with Gasteiger partial charge in [0, 0.05) is 4.47 Å². The van der Waals surface area contributed by atoms with E-state index in [-0.39, 0.29) is 5.75 Å². The fraction of sp³-hybridized carbons (Fsp3) is 0.214. The molecule has 3 nitrogen and oxygen atoms in total. The first kappa shape index (κ1) is 14.0. The second-order valence-corrected chi connectivity index (χ2v) is 4.94. The molecule has 0 saturated carbocycles. The van der Waals surface area contributed by atoms with Gasteiger partial charge in [-0.05, 0) is 36.8 Å². The topological polar surface area (TPSA) is 42.4 Å². The Kier molecular flexibility index (Phi) is 4.50. The number of pyridine rings is 1. The summed E-state index contributed by atoms with van der Waals surface area (Å²) in [5.74, 6) is 0.102. The van der Waals surface area contributed by atoms with Gasteiger partial charge in [-0.15, -0.1) is 0 Å². The zero-order valence-electron chi connectivity index (χ0n) is 10.3. The molecule has 1 atom stereocenters. The van der Waals surface area contributed by atoms with E-state index in [0.717, 1.165) is 4.47 Å². The highest BCUT2D eigenvalue weighted by molar-refractivity contribution is 9.10. The van der Waals surface area contributed by atoms with Crippen LogP contribution < -0.4 is 4.74 Å². The fourth-order valence-corrected chi connectivity index (χ4v) is 1.88. The molecule has 0 spiro atoms. The maximum absolute atomic E-state index is 13.5. The van der Waals surface area contributed by atoms with E-state index in [4.69, 9.17) is 4.74 Å². The number of benzene rings is 1. The van der Waals surface area contributed by atoms with Crippen molar-refractivity contribution < 1.29 is 14.2 Å². The predicted octanol–water partition coefficient (Wildman–Crippen LogP) is 4.22. The quantitative estimate of drug-likeness (QED) is 0.915. The van der Waals surface area contributed by atoms with E-state index in [1.165, 1.54) is 12.3 Å². The number of hydrogen-bond acceptors (Lipinski definition) is 3. The van der Waals surface area contributed by atoms with Crippen molar-refractivity contribution in [2.75, 3.05) is 0 Å². The number of halogens is 2. The van der Waals surface area contributed by atoms with Gasteiger partial charge in [0.1, 0.15) is 5.75 Å². The van der Waals surface area contributed by atoms with Gasteiger partial charge in [-0.1, -0.05) is 22.9 Å². The van der Waals surface area contributed by atoms with Crippen LogP contribution >= 0.6 is 15.9 Å². The van der Waals surface area contributed by atoms with Gasteiger partial charge in [-0.3, -0.25) is 4.98 Å². The van der Waals surface area contributed by atoms with Gasteiger partial charge < -0.3 is 9.84 Å². The molecule has 1 aromatic carbocycles. The van der Waals surface area contributed by atoms with E-state index in [1.807, 2.05) is 6.92 Å². The first-order valence-electron chi connectivity index (χ1n) is 5.87. The third kappa shape index (κ3) is 3.52. The Labute approximate surface area is 119 Å². The molecule has 1 heterocycles. The number of nitrogens with zero attached hydrogens (tertiary/aromatic N) is 1. The summed E-state index contributed by atoms with van der Waals surface area (Å²) in [6, 6.07) is 7.79. The lowest BCUT2D eigenvalue weighted by Crippen LogP contribution is -1.98. The van der Waals surface area contributed by atoms with Crippen molar-refractivity contribution in [1.29, 1.82) is 0 Å². The first-order valence-corrected chi connectivity index (χ1v) is 6.66. The SMILES string of the molecule is CCC(O)c1ccc(Oc2cc(Br)ccc2F)cn1. The highest BCUT2D eigenvalue weighted by atomic mass is 79.9. The summed E-state index contributed by atoms with van der Waals surface area (Å²) in [6.07, 6.45) is 1.47. The normalized spacial score (nSPS) is 12.2. The number of ether oxygens (including phenoxy) is 1. The number of aromatic nitrogens is 1. The van der Waals surface area contributed by atoms with Crippen LogP contribution in [0.3, 0.4) is 0 Å². The molecule has 1 aromatic heterocycles. The summed E-state index contributed by atoms with van der Waals surface area (Å²) in [5, 5.41) is 9.62. The van der Waals surface area contributed by atoms with E-state index in [9.17, 15) is 9.50 Å². The minimum absolute atomic E-state index is 0.125. The van der Waals surface area contributed by atoms with Crippen LogP contribution in [-0.4, -0.2) is 10.1 Å². The number of rotatable bonds is 4. The molecule has 2 aromatic rings. The third-order valence-electron chi connectivity index (χ3n) is 2.61. The average molecular weight is 326 g/mol. The largest absolute Gasteiger partial charge is 0.453 e. The summed E-state index contributed by atoms with van der Waals surface area (Å²) in [7, 11) is 0. The molecule has 0 saturated heterocycles. The second-order valence-electron chi connectivity index (χ2n) is 4.02. The zero-order valence-corrected chi connectivity index (χ0v) is 11.9. The maximum Gasteiger partial charge on any atom is 0.165 e. The van der Waals surface area contributed by atoms with Crippen molar-refractivity contribution in [3.05, 3.63) is 52.5 Å². The maximum atomic E-state index is 13.5. The molecule has 0 aliphatic heterocycles. The summed E-state index contributed by atoms with van der Waals surface area (Å²) < 4.78 is 19.7. The van der Waals surface area contributed by atoms with Crippen LogP contribution in [0.5, 0.6) is 11.5 Å². The molecule has 0 fully saturated rings. The summed E-state index contributed by atoms with van der Waals surface area (Å²) in [4.78, 5) is 4.09. The lowest BCUT2D eigenvalue weighted by atomic mass is 10.2. The zero-order chi connectivity index (χ0) is 13.8. The lowest BCUT2D eigenvalue weighted by molar-refractivity contribution is 0.169. The Morgan fingerprint density at radius 1 is 1.37 bits per heavy atom. The van der Waals surface area contributed by atoms with E-state index < -0.39 is 11.9 Å².